The molecule has 1 unspecified atom stereocenters. The molecule has 0 amide bonds. The van der Waals surface area contributed by atoms with Crippen LogP contribution in [0.15, 0.2) is 24.3 Å². The molecule has 0 spiro atoms. The number of hydrogen-bond acceptors (Lipinski definition) is 3. The minimum atomic E-state index is 0.0902. The minimum absolute atomic E-state index is 0.0902. The molecule has 2 bridgehead atoms. The van der Waals surface area contributed by atoms with E-state index in [1.807, 2.05) is 18.2 Å². The van der Waals surface area contributed by atoms with Gasteiger partial charge in [0.1, 0.15) is 11.9 Å². The number of aliphatic hydroxyl groups is 1. The molecule has 2 N–H and O–H groups in total. The first-order valence-corrected chi connectivity index (χ1v) is 5.01. The number of ether oxygens (including phenoxy) is 1. The second kappa shape index (κ2) is 2.97. The molecule has 1 aromatic rings. The zero-order chi connectivity index (χ0) is 9.54. The Hall–Kier alpha value is -1.06. The molecule has 14 heavy (non-hydrogen) atoms. The van der Waals surface area contributed by atoms with Gasteiger partial charge in [0, 0.05) is 18.0 Å². The van der Waals surface area contributed by atoms with Crippen molar-refractivity contribution in [2.24, 2.45) is 0 Å². The van der Waals surface area contributed by atoms with Crippen LogP contribution in [0.4, 0.5) is 0 Å². The maximum absolute atomic E-state index is 9.15. The van der Waals surface area contributed by atoms with E-state index in [0.29, 0.717) is 6.04 Å². The second-order valence-electron chi connectivity index (χ2n) is 3.94. The number of para-hydroxylation sites is 1. The number of hydrogen-bond donors (Lipinski definition) is 2. The third-order valence-corrected chi connectivity index (χ3v) is 3.10. The Morgan fingerprint density at radius 1 is 1.43 bits per heavy atom. The highest BCUT2D eigenvalue weighted by atomic mass is 16.5. The van der Waals surface area contributed by atoms with Gasteiger partial charge in [-0.1, -0.05) is 18.2 Å². The zero-order valence-electron chi connectivity index (χ0n) is 7.81. The van der Waals surface area contributed by atoms with Gasteiger partial charge in [0.15, 0.2) is 0 Å². The standard InChI is InChI=1S/C11H13NO2/c13-6-9-11-5-8(12-9)7-3-1-2-4-10(7)14-11/h1-4,8-9,11-13H,5-6H2/t8-,9?,11-/m0/s1. The van der Waals surface area contributed by atoms with E-state index in [9.17, 15) is 0 Å². The Morgan fingerprint density at radius 3 is 3.14 bits per heavy atom. The highest BCUT2D eigenvalue weighted by molar-refractivity contribution is 5.39. The molecule has 74 valence electrons. The average molecular weight is 191 g/mol. The van der Waals surface area contributed by atoms with Crippen LogP contribution in [0, 0.1) is 0 Å². The summed E-state index contributed by atoms with van der Waals surface area (Å²) in [5.41, 5.74) is 1.22. The summed E-state index contributed by atoms with van der Waals surface area (Å²) >= 11 is 0. The van der Waals surface area contributed by atoms with Crippen LogP contribution in [0.2, 0.25) is 0 Å². The molecule has 0 aliphatic carbocycles. The summed E-state index contributed by atoms with van der Waals surface area (Å²) in [6.07, 6.45) is 1.11. The molecule has 1 fully saturated rings. The molecule has 1 saturated heterocycles. The molecular weight excluding hydrogens is 178 g/mol. The minimum Gasteiger partial charge on any atom is -0.488 e. The van der Waals surface area contributed by atoms with E-state index >= 15 is 0 Å². The zero-order valence-corrected chi connectivity index (χ0v) is 7.81. The van der Waals surface area contributed by atoms with Gasteiger partial charge in [-0.05, 0) is 6.07 Å². The summed E-state index contributed by atoms with van der Waals surface area (Å²) < 4.78 is 5.80. The molecule has 0 radical (unpaired) electrons. The van der Waals surface area contributed by atoms with Gasteiger partial charge < -0.3 is 15.2 Å². The lowest BCUT2D eigenvalue weighted by Gasteiger charge is -2.23. The molecule has 3 nitrogen and oxygen atoms in total. The molecule has 2 aliphatic rings. The third-order valence-electron chi connectivity index (χ3n) is 3.10. The summed E-state index contributed by atoms with van der Waals surface area (Å²) in [5.74, 6) is 0.970. The summed E-state index contributed by atoms with van der Waals surface area (Å²) in [7, 11) is 0. The second-order valence-corrected chi connectivity index (χ2v) is 3.94. The molecule has 2 heterocycles. The van der Waals surface area contributed by atoms with Crippen molar-refractivity contribution in [3.63, 3.8) is 0 Å². The summed E-state index contributed by atoms with van der Waals surface area (Å²) in [6.45, 7) is 0.148. The van der Waals surface area contributed by atoms with Gasteiger partial charge in [-0.3, -0.25) is 0 Å². The smallest absolute Gasteiger partial charge is 0.124 e. The predicted octanol–water partition coefficient (Wildman–Crippen LogP) is 0.843. The average Bonchev–Trinajstić information content (AvgIpc) is 2.57. The lowest BCUT2D eigenvalue weighted by atomic mass is 10.00. The summed E-state index contributed by atoms with van der Waals surface area (Å²) in [4.78, 5) is 0. The van der Waals surface area contributed by atoms with E-state index in [4.69, 9.17) is 9.84 Å². The number of rotatable bonds is 1. The normalized spacial score (nSPS) is 33.6. The number of benzene rings is 1. The van der Waals surface area contributed by atoms with Crippen molar-refractivity contribution >= 4 is 0 Å². The lowest BCUT2D eigenvalue weighted by Crippen LogP contribution is -2.36. The van der Waals surface area contributed by atoms with Crippen LogP contribution in [0.3, 0.4) is 0 Å². The Labute approximate surface area is 82.7 Å². The quantitative estimate of drug-likeness (QED) is 0.691. The number of nitrogens with one attached hydrogen (secondary N) is 1. The highest BCUT2D eigenvalue weighted by Crippen LogP contribution is 2.39. The van der Waals surface area contributed by atoms with Crippen molar-refractivity contribution in [1.82, 2.24) is 5.32 Å². The molecule has 0 saturated carbocycles. The number of fused-ring (bicyclic) bond motifs is 4. The van der Waals surface area contributed by atoms with Gasteiger partial charge in [0.25, 0.3) is 0 Å². The monoisotopic (exact) mass is 191 g/mol. The van der Waals surface area contributed by atoms with Crippen LogP contribution in [-0.4, -0.2) is 23.9 Å². The first-order chi connectivity index (χ1) is 6.88. The molecule has 0 aromatic heterocycles. The fourth-order valence-corrected chi connectivity index (χ4v) is 2.39. The van der Waals surface area contributed by atoms with Gasteiger partial charge >= 0.3 is 0 Å². The van der Waals surface area contributed by atoms with E-state index in [0.717, 1.165) is 12.2 Å². The van der Waals surface area contributed by atoms with E-state index in [-0.39, 0.29) is 18.8 Å². The van der Waals surface area contributed by atoms with E-state index in [1.54, 1.807) is 0 Å². The van der Waals surface area contributed by atoms with Crippen molar-refractivity contribution in [3.8, 4) is 5.75 Å². The first-order valence-electron chi connectivity index (χ1n) is 5.01. The van der Waals surface area contributed by atoms with Gasteiger partial charge in [-0.15, -0.1) is 0 Å². The van der Waals surface area contributed by atoms with Crippen LogP contribution in [0.1, 0.15) is 18.0 Å². The van der Waals surface area contributed by atoms with Crippen molar-refractivity contribution in [2.45, 2.75) is 24.6 Å². The Balaban J connectivity index is 1.99. The van der Waals surface area contributed by atoms with Crippen LogP contribution in [-0.2, 0) is 0 Å². The SMILES string of the molecule is OCC1N[C@H]2C[C@@H]1Oc1ccccc12. The molecule has 2 aliphatic heterocycles. The van der Waals surface area contributed by atoms with Crippen molar-refractivity contribution in [3.05, 3.63) is 29.8 Å². The van der Waals surface area contributed by atoms with Gasteiger partial charge in [-0.2, -0.15) is 0 Å². The van der Waals surface area contributed by atoms with Gasteiger partial charge in [-0.25, -0.2) is 0 Å². The fraction of sp³-hybridized carbons (Fsp3) is 0.455. The van der Waals surface area contributed by atoms with Crippen molar-refractivity contribution in [2.75, 3.05) is 6.61 Å². The van der Waals surface area contributed by atoms with Crippen LogP contribution in [0.25, 0.3) is 0 Å². The van der Waals surface area contributed by atoms with Crippen LogP contribution in [0.5, 0.6) is 5.75 Å². The Morgan fingerprint density at radius 2 is 2.29 bits per heavy atom. The maximum Gasteiger partial charge on any atom is 0.124 e. The van der Waals surface area contributed by atoms with Crippen molar-refractivity contribution in [1.29, 1.82) is 0 Å². The summed E-state index contributed by atoms with van der Waals surface area (Å²) in [6, 6.07) is 8.54. The van der Waals surface area contributed by atoms with Crippen LogP contribution >= 0.6 is 0 Å². The molecular formula is C11H13NO2. The first kappa shape index (κ1) is 8.26. The van der Waals surface area contributed by atoms with E-state index in [2.05, 4.69) is 11.4 Å². The lowest BCUT2D eigenvalue weighted by molar-refractivity contribution is 0.137. The third kappa shape index (κ3) is 1.06. The molecule has 3 atom stereocenters. The molecule has 1 aromatic carbocycles. The van der Waals surface area contributed by atoms with Crippen LogP contribution < -0.4 is 10.1 Å². The molecule has 3 rings (SSSR count). The Kier molecular flexibility index (Phi) is 1.75. The van der Waals surface area contributed by atoms with E-state index in [1.165, 1.54) is 5.56 Å². The largest absolute Gasteiger partial charge is 0.488 e. The highest BCUT2D eigenvalue weighted by Gasteiger charge is 2.40. The fourth-order valence-electron chi connectivity index (χ4n) is 2.39. The van der Waals surface area contributed by atoms with Crippen molar-refractivity contribution < 1.29 is 9.84 Å². The number of aliphatic hydroxyl groups excluding tert-OH is 1. The van der Waals surface area contributed by atoms with Gasteiger partial charge in [0.2, 0.25) is 0 Å². The maximum atomic E-state index is 9.15. The summed E-state index contributed by atoms with van der Waals surface area (Å²) in [5, 5.41) is 12.5. The van der Waals surface area contributed by atoms with E-state index < -0.39 is 0 Å². The molecule has 3 heteroatoms. The van der Waals surface area contributed by atoms with Gasteiger partial charge in [0.05, 0.1) is 12.6 Å². The topological polar surface area (TPSA) is 41.5 Å². The predicted molar refractivity (Wildman–Crippen MR) is 52.2 cm³/mol. The Bertz CT molecular complexity index is 353.